The van der Waals surface area contributed by atoms with E-state index in [2.05, 4.69) is 0 Å². The van der Waals surface area contributed by atoms with Crippen molar-refractivity contribution in [3.8, 4) is 0 Å². The van der Waals surface area contributed by atoms with E-state index in [1.165, 1.54) is 0 Å². The highest BCUT2D eigenvalue weighted by molar-refractivity contribution is 6.03. The van der Waals surface area contributed by atoms with Gasteiger partial charge in [-0.05, 0) is 39.2 Å². The number of furan rings is 1. The number of nitrogens with zero attached hydrogens (tertiary/aromatic N) is 1. The van der Waals surface area contributed by atoms with Gasteiger partial charge >= 0.3 is 0 Å². The number of aryl methyl sites for hydroxylation is 1. The molecule has 1 fully saturated rings. The highest BCUT2D eigenvalue weighted by atomic mass is 16.5. The third kappa shape index (κ3) is 3.39. The molecule has 3 rings (SSSR count). The lowest BCUT2D eigenvalue weighted by atomic mass is 9.94. The number of nitrogens with two attached hydrogens (primary N) is 1. The van der Waals surface area contributed by atoms with Gasteiger partial charge < -0.3 is 19.8 Å². The number of piperidine rings is 1. The number of hydrogen-bond donors (Lipinski definition) is 1. The van der Waals surface area contributed by atoms with Crippen LogP contribution in [0, 0.1) is 6.92 Å². The predicted molar refractivity (Wildman–Crippen MR) is 89.3 cm³/mol. The molecule has 0 aromatic carbocycles. The maximum atomic E-state index is 12.8. The van der Waals surface area contributed by atoms with Crippen molar-refractivity contribution < 1.29 is 18.7 Å². The van der Waals surface area contributed by atoms with Crippen molar-refractivity contribution in [3.63, 3.8) is 0 Å². The normalized spacial score (nSPS) is 18.8. The first-order chi connectivity index (χ1) is 11.6. The van der Waals surface area contributed by atoms with Gasteiger partial charge in [0.1, 0.15) is 5.76 Å². The molecule has 2 aliphatic rings. The van der Waals surface area contributed by atoms with Crippen LogP contribution in [0.5, 0.6) is 0 Å². The molecule has 1 aliphatic heterocycles. The molecule has 1 aromatic heterocycles. The lowest BCUT2D eigenvalue weighted by molar-refractivity contribution is 0.00757. The molecule has 1 saturated heterocycles. The quantitative estimate of drug-likeness (QED) is 0.833. The Labute approximate surface area is 142 Å². The summed E-state index contributed by atoms with van der Waals surface area (Å²) in [6.45, 7) is 4.46. The number of amides is 1. The minimum atomic E-state index is -0.102. The molecule has 6 nitrogen and oxygen atoms in total. The lowest BCUT2D eigenvalue weighted by Gasteiger charge is -2.31. The van der Waals surface area contributed by atoms with E-state index in [9.17, 15) is 9.59 Å². The Morgan fingerprint density at radius 1 is 1.33 bits per heavy atom. The van der Waals surface area contributed by atoms with E-state index < -0.39 is 0 Å². The second kappa shape index (κ2) is 7.49. The number of Topliss-reactive ketones (excluding diaryl/α,β-unsaturated/α-hetero) is 1. The van der Waals surface area contributed by atoms with Crippen molar-refractivity contribution in [3.05, 3.63) is 22.6 Å². The maximum Gasteiger partial charge on any atom is 0.289 e. The molecule has 0 saturated carbocycles. The van der Waals surface area contributed by atoms with Crippen LogP contribution in [0.3, 0.4) is 0 Å². The van der Waals surface area contributed by atoms with Gasteiger partial charge in [0, 0.05) is 38.1 Å². The van der Waals surface area contributed by atoms with Gasteiger partial charge in [-0.15, -0.1) is 0 Å². The molecule has 0 bridgehead atoms. The van der Waals surface area contributed by atoms with Crippen molar-refractivity contribution in [1.82, 2.24) is 4.90 Å². The molecular formula is C18H26N2O4. The number of ether oxygens (including phenoxy) is 1. The molecule has 6 heteroatoms. The zero-order valence-electron chi connectivity index (χ0n) is 14.3. The fourth-order valence-corrected chi connectivity index (χ4v) is 3.56. The standard InChI is InChI=1S/C18H26N2O4/c1-12-16-14(21)4-2-5-15(16)24-17(12)18(22)20-9-6-13(7-10-20)23-11-3-8-19/h13H,2-11,19H2,1H3. The predicted octanol–water partition coefficient (Wildman–Crippen LogP) is 2.08. The Bertz CT molecular complexity index is 615. The number of likely N-dealkylation sites (tertiary alicyclic amines) is 1. The van der Waals surface area contributed by atoms with E-state index in [1.807, 2.05) is 11.8 Å². The second-order valence-corrected chi connectivity index (χ2v) is 6.64. The molecule has 132 valence electrons. The summed E-state index contributed by atoms with van der Waals surface area (Å²) in [5.74, 6) is 1.03. The average molecular weight is 334 g/mol. The Hall–Kier alpha value is -1.66. The number of rotatable bonds is 5. The van der Waals surface area contributed by atoms with Gasteiger partial charge in [0.15, 0.2) is 11.5 Å². The van der Waals surface area contributed by atoms with Gasteiger partial charge in [0.05, 0.1) is 11.7 Å². The van der Waals surface area contributed by atoms with Crippen LogP contribution in [0.15, 0.2) is 4.42 Å². The zero-order valence-corrected chi connectivity index (χ0v) is 14.3. The van der Waals surface area contributed by atoms with E-state index in [0.717, 1.165) is 32.1 Å². The summed E-state index contributed by atoms with van der Waals surface area (Å²) in [6, 6.07) is 0. The minimum Gasteiger partial charge on any atom is -0.455 e. The lowest BCUT2D eigenvalue weighted by Crippen LogP contribution is -2.41. The smallest absolute Gasteiger partial charge is 0.289 e. The Kier molecular flexibility index (Phi) is 5.36. The number of hydrogen-bond acceptors (Lipinski definition) is 5. The molecular weight excluding hydrogens is 308 g/mol. The molecule has 0 spiro atoms. The SMILES string of the molecule is Cc1c(C(=O)N2CCC(OCCCN)CC2)oc2c1C(=O)CCC2. The summed E-state index contributed by atoms with van der Waals surface area (Å²) in [7, 11) is 0. The van der Waals surface area contributed by atoms with Crippen LogP contribution in [0.25, 0.3) is 0 Å². The van der Waals surface area contributed by atoms with E-state index in [0.29, 0.717) is 55.3 Å². The van der Waals surface area contributed by atoms with Crippen LogP contribution in [-0.2, 0) is 11.2 Å². The van der Waals surface area contributed by atoms with Gasteiger partial charge in [0.25, 0.3) is 5.91 Å². The van der Waals surface area contributed by atoms with Gasteiger partial charge in [0.2, 0.25) is 0 Å². The molecule has 1 amide bonds. The Morgan fingerprint density at radius 2 is 2.08 bits per heavy atom. The van der Waals surface area contributed by atoms with Crippen LogP contribution >= 0.6 is 0 Å². The van der Waals surface area contributed by atoms with Gasteiger partial charge in [-0.25, -0.2) is 0 Å². The number of carbonyl (C=O) groups is 2. The highest BCUT2D eigenvalue weighted by Gasteiger charge is 2.32. The van der Waals surface area contributed by atoms with Crippen molar-refractivity contribution in [2.75, 3.05) is 26.2 Å². The number of carbonyl (C=O) groups excluding carboxylic acids is 2. The summed E-state index contributed by atoms with van der Waals surface area (Å²) in [4.78, 5) is 26.7. The highest BCUT2D eigenvalue weighted by Crippen LogP contribution is 2.30. The molecule has 2 heterocycles. The second-order valence-electron chi connectivity index (χ2n) is 6.64. The summed E-state index contributed by atoms with van der Waals surface area (Å²) in [6.07, 6.45) is 4.82. The number of fused-ring (bicyclic) bond motifs is 1. The largest absolute Gasteiger partial charge is 0.455 e. The molecule has 2 N–H and O–H groups in total. The molecule has 0 radical (unpaired) electrons. The van der Waals surface area contributed by atoms with Crippen molar-refractivity contribution in [2.24, 2.45) is 5.73 Å². The van der Waals surface area contributed by atoms with E-state index in [4.69, 9.17) is 14.9 Å². The summed E-state index contributed by atoms with van der Waals surface area (Å²) < 4.78 is 11.5. The van der Waals surface area contributed by atoms with E-state index in [-0.39, 0.29) is 17.8 Å². The average Bonchev–Trinajstić information content (AvgIpc) is 2.93. The van der Waals surface area contributed by atoms with Crippen LogP contribution in [-0.4, -0.2) is 48.9 Å². The van der Waals surface area contributed by atoms with Crippen molar-refractivity contribution >= 4 is 11.7 Å². The summed E-state index contributed by atoms with van der Waals surface area (Å²) >= 11 is 0. The van der Waals surface area contributed by atoms with Crippen LogP contribution in [0.1, 0.15) is 64.3 Å². The van der Waals surface area contributed by atoms with Crippen LogP contribution < -0.4 is 5.73 Å². The third-order valence-electron chi connectivity index (χ3n) is 4.93. The Balaban J connectivity index is 1.63. The fourth-order valence-electron chi connectivity index (χ4n) is 3.56. The third-order valence-corrected chi connectivity index (χ3v) is 4.93. The maximum absolute atomic E-state index is 12.8. The molecule has 1 aromatic rings. The first-order valence-electron chi connectivity index (χ1n) is 8.88. The van der Waals surface area contributed by atoms with Gasteiger partial charge in [-0.2, -0.15) is 0 Å². The summed E-state index contributed by atoms with van der Waals surface area (Å²) in [5, 5.41) is 0. The van der Waals surface area contributed by atoms with E-state index >= 15 is 0 Å². The van der Waals surface area contributed by atoms with Gasteiger partial charge in [-0.3, -0.25) is 9.59 Å². The van der Waals surface area contributed by atoms with E-state index in [1.54, 1.807) is 0 Å². The molecule has 0 atom stereocenters. The number of ketones is 1. The Morgan fingerprint density at radius 3 is 2.75 bits per heavy atom. The first-order valence-corrected chi connectivity index (χ1v) is 8.88. The first kappa shape index (κ1) is 17.2. The van der Waals surface area contributed by atoms with Crippen LogP contribution in [0.2, 0.25) is 0 Å². The van der Waals surface area contributed by atoms with Crippen molar-refractivity contribution in [2.45, 2.75) is 51.6 Å². The summed E-state index contributed by atoms with van der Waals surface area (Å²) in [5.41, 5.74) is 6.82. The van der Waals surface area contributed by atoms with Crippen LogP contribution in [0.4, 0.5) is 0 Å². The van der Waals surface area contributed by atoms with Crippen molar-refractivity contribution in [1.29, 1.82) is 0 Å². The molecule has 0 unspecified atom stereocenters. The zero-order chi connectivity index (χ0) is 17.1. The minimum absolute atomic E-state index is 0.101. The molecule has 1 aliphatic carbocycles. The fraction of sp³-hybridized carbons (Fsp3) is 0.667. The topological polar surface area (TPSA) is 85.8 Å². The monoisotopic (exact) mass is 334 g/mol. The molecule has 24 heavy (non-hydrogen) atoms. The van der Waals surface area contributed by atoms with Gasteiger partial charge in [-0.1, -0.05) is 0 Å².